The molecular formula is C49H62GeIrNO2Si-. The summed E-state index contributed by atoms with van der Waals surface area (Å²) in [6.45, 7) is 22.2. The Labute approximate surface area is 349 Å². The standard InChI is InChI=1S/C36H38GeNSi.C13H24O2.Ir/c1-36(2,3)32-22-27(21-26-11-9-10-12-29(26)32)35-34-31(19-20-38-35)30-18-15-25(23-33(30)37(34,4)5)24-13-16-28(17-14-24)39(6,7)8;1-5-10(6-2)12(14)9-13(15)11(7-3)8-4;/h9-20,22-23H,1-8H3;9-11,14H,5-8H2,1-4H3;/q-1;;/b;12-9-;. The summed E-state index contributed by atoms with van der Waals surface area (Å²) < 4.78 is 3.05. The van der Waals surface area contributed by atoms with Crippen LogP contribution < -0.4 is 14.0 Å². The van der Waals surface area contributed by atoms with Gasteiger partial charge in [-0.25, -0.2) is 0 Å². The summed E-state index contributed by atoms with van der Waals surface area (Å²) in [5.41, 5.74) is 9.05. The molecule has 0 aliphatic carbocycles. The van der Waals surface area contributed by atoms with Crippen molar-refractivity contribution in [3.05, 3.63) is 109 Å². The van der Waals surface area contributed by atoms with Crippen LogP contribution in [0.15, 0.2) is 96.9 Å². The smallest absolute Gasteiger partial charge is 0.162 e. The summed E-state index contributed by atoms with van der Waals surface area (Å²) in [5.74, 6) is 5.63. The summed E-state index contributed by atoms with van der Waals surface area (Å²) in [7, 11) is -1.31. The van der Waals surface area contributed by atoms with E-state index < -0.39 is 21.3 Å². The largest absolute Gasteiger partial charge is 0.512 e. The molecule has 6 heteroatoms. The Morgan fingerprint density at radius 1 is 0.818 bits per heavy atom. The fourth-order valence-corrected chi connectivity index (χ4v) is 16.3. The Balaban J connectivity index is 0.000000360. The molecule has 1 N–H and O–H groups in total. The quantitative estimate of drug-likeness (QED) is 0.0656. The molecule has 0 atom stereocenters. The molecule has 0 bridgehead atoms. The molecular weight excluding hydrogens is 927 g/mol. The number of benzene rings is 4. The first-order chi connectivity index (χ1) is 25.5. The Hall–Kier alpha value is -3.09. The monoisotopic (exact) mass is 991 g/mol. The summed E-state index contributed by atoms with van der Waals surface area (Å²) >= 11 is -2.67. The second kappa shape index (κ2) is 18.0. The van der Waals surface area contributed by atoms with E-state index in [1.807, 2.05) is 33.9 Å². The molecule has 55 heavy (non-hydrogen) atoms. The molecule has 6 rings (SSSR count). The Morgan fingerprint density at radius 2 is 1.42 bits per heavy atom. The maximum Gasteiger partial charge on any atom is 0.162 e. The minimum absolute atomic E-state index is 0. The van der Waals surface area contributed by atoms with Crippen LogP contribution in [0.5, 0.6) is 0 Å². The molecule has 1 radical (unpaired) electrons. The number of pyridine rings is 1. The second-order valence-corrected chi connectivity index (χ2v) is 31.8. The van der Waals surface area contributed by atoms with Crippen LogP contribution in [0.2, 0.25) is 31.2 Å². The number of fused-ring (bicyclic) bond motifs is 4. The summed E-state index contributed by atoms with van der Waals surface area (Å²) in [4.78, 5) is 16.8. The van der Waals surface area contributed by atoms with Crippen LogP contribution in [0.1, 0.15) is 79.7 Å². The molecule has 3 nitrogen and oxygen atoms in total. The first kappa shape index (κ1) is 44.6. The number of aromatic nitrogens is 1. The van der Waals surface area contributed by atoms with E-state index in [0.29, 0.717) is 0 Å². The van der Waals surface area contributed by atoms with Crippen molar-refractivity contribution in [1.82, 2.24) is 4.98 Å². The zero-order valence-electron chi connectivity index (χ0n) is 35.3. The maximum absolute atomic E-state index is 11.7. The minimum atomic E-state index is -2.67. The number of nitrogens with zero attached hydrogens (tertiary/aromatic N) is 1. The van der Waals surface area contributed by atoms with Gasteiger partial charge in [-0.3, -0.25) is 4.79 Å². The number of hydrogen-bond donors (Lipinski definition) is 1. The number of rotatable bonds is 10. The zero-order valence-corrected chi connectivity index (χ0v) is 40.8. The number of aliphatic hydroxyl groups excluding tert-OH is 1. The number of carbonyl (C=O) groups is 1. The third-order valence-electron chi connectivity index (χ3n) is 11.6. The van der Waals surface area contributed by atoms with E-state index >= 15 is 0 Å². The van der Waals surface area contributed by atoms with Crippen molar-refractivity contribution in [1.29, 1.82) is 0 Å². The van der Waals surface area contributed by atoms with Crippen molar-refractivity contribution in [2.24, 2.45) is 11.8 Å². The summed E-state index contributed by atoms with van der Waals surface area (Å²) in [5, 5.41) is 13.7. The second-order valence-electron chi connectivity index (χ2n) is 17.7. The Bertz CT molecular complexity index is 2150. The average Bonchev–Trinajstić information content (AvgIpc) is 3.37. The van der Waals surface area contributed by atoms with Crippen molar-refractivity contribution in [3.8, 4) is 33.5 Å². The fourth-order valence-electron chi connectivity index (χ4n) is 8.05. The Morgan fingerprint density at radius 3 is 2.00 bits per heavy atom. The predicted molar refractivity (Wildman–Crippen MR) is 239 cm³/mol. The van der Waals surface area contributed by atoms with Gasteiger partial charge in [0.1, 0.15) is 0 Å². The van der Waals surface area contributed by atoms with Crippen LogP contribution in [-0.2, 0) is 30.3 Å². The van der Waals surface area contributed by atoms with Crippen molar-refractivity contribution < 1.29 is 30.0 Å². The van der Waals surface area contributed by atoms with E-state index in [1.165, 1.54) is 54.2 Å². The van der Waals surface area contributed by atoms with E-state index in [1.54, 1.807) is 4.40 Å². The van der Waals surface area contributed by atoms with Gasteiger partial charge in [-0.05, 0) is 25.7 Å². The Kier molecular flexibility index (Phi) is 14.6. The molecule has 1 aliphatic heterocycles. The first-order valence-corrected chi connectivity index (χ1v) is 29.9. The first-order valence-electron chi connectivity index (χ1n) is 20.1. The van der Waals surface area contributed by atoms with Gasteiger partial charge in [0.25, 0.3) is 0 Å². The molecule has 0 fully saturated rings. The molecule has 2 heterocycles. The van der Waals surface area contributed by atoms with Crippen LogP contribution in [-0.4, -0.2) is 37.2 Å². The van der Waals surface area contributed by atoms with Crippen LogP contribution in [0, 0.1) is 17.9 Å². The molecule has 293 valence electrons. The number of hydrogen-bond acceptors (Lipinski definition) is 3. The van der Waals surface area contributed by atoms with Gasteiger partial charge < -0.3 is 5.11 Å². The van der Waals surface area contributed by atoms with Crippen molar-refractivity contribution in [2.45, 2.75) is 111 Å². The van der Waals surface area contributed by atoms with Crippen molar-refractivity contribution in [3.63, 3.8) is 0 Å². The van der Waals surface area contributed by atoms with Gasteiger partial charge in [-0.2, -0.15) is 0 Å². The van der Waals surface area contributed by atoms with Gasteiger partial charge >= 0.3 is 239 Å². The molecule has 4 aromatic carbocycles. The normalized spacial score (nSPS) is 13.6. The predicted octanol–water partition coefficient (Wildman–Crippen LogP) is 11.9. The van der Waals surface area contributed by atoms with E-state index in [2.05, 4.69) is 137 Å². The van der Waals surface area contributed by atoms with E-state index in [-0.39, 0.29) is 48.9 Å². The molecule has 5 aromatic rings. The van der Waals surface area contributed by atoms with Gasteiger partial charge in [-0.1, -0.05) is 27.7 Å². The fraction of sp³-hybridized carbons (Fsp3) is 0.388. The SMILES string of the molecule is CC(C)(C)c1cc(-c2nccc3[c]2[Ge]([CH3])([CH3])[c]2cc(-c4ccc([Si](C)(C)C)cc4)ccc2-3)[c-]c2ccccc12.CCC(CC)C(=O)/C=C(\O)C(CC)CC.[Ir]. The molecule has 1 aromatic heterocycles. The molecule has 0 spiro atoms. The molecule has 0 unspecified atom stereocenters. The maximum atomic E-state index is 11.7. The topological polar surface area (TPSA) is 50.2 Å². The van der Waals surface area contributed by atoms with Gasteiger partial charge in [-0.15, -0.1) is 0 Å². The van der Waals surface area contributed by atoms with Gasteiger partial charge in [0.2, 0.25) is 0 Å². The summed E-state index contributed by atoms with van der Waals surface area (Å²) in [6, 6.07) is 33.6. The molecule has 0 saturated heterocycles. The van der Waals surface area contributed by atoms with E-state index in [4.69, 9.17) is 4.98 Å². The van der Waals surface area contributed by atoms with Crippen molar-refractivity contribution in [2.75, 3.05) is 0 Å². The zero-order chi connectivity index (χ0) is 39.6. The molecule has 0 amide bonds. The molecule has 1 aliphatic rings. The third-order valence-corrected chi connectivity index (χ3v) is 21.0. The van der Waals surface area contributed by atoms with Gasteiger partial charge in [0, 0.05) is 38.0 Å². The van der Waals surface area contributed by atoms with Gasteiger partial charge in [0.05, 0.1) is 5.76 Å². The van der Waals surface area contributed by atoms with Crippen LogP contribution in [0.25, 0.3) is 44.3 Å². The van der Waals surface area contributed by atoms with E-state index in [0.717, 1.165) is 36.9 Å². The molecule has 0 saturated carbocycles. The number of allylic oxidation sites excluding steroid dienone is 2. The summed E-state index contributed by atoms with van der Waals surface area (Å²) in [6.07, 6.45) is 6.91. The van der Waals surface area contributed by atoms with Crippen LogP contribution >= 0.6 is 0 Å². The number of ketones is 1. The van der Waals surface area contributed by atoms with Gasteiger partial charge in [0.15, 0.2) is 5.78 Å². The number of carbonyl (C=O) groups excluding carboxylic acids is 1. The van der Waals surface area contributed by atoms with Crippen molar-refractivity contribution >= 4 is 51.9 Å². The average molecular weight is 990 g/mol. The minimum Gasteiger partial charge on any atom is -0.512 e. The number of aliphatic hydroxyl groups is 1. The van der Waals surface area contributed by atoms with E-state index in [9.17, 15) is 9.90 Å². The van der Waals surface area contributed by atoms with Crippen LogP contribution in [0.3, 0.4) is 0 Å². The third kappa shape index (κ3) is 9.55. The van der Waals surface area contributed by atoms with Crippen LogP contribution in [0.4, 0.5) is 0 Å².